The van der Waals surface area contributed by atoms with Crippen molar-refractivity contribution in [3.05, 3.63) is 48.2 Å². The van der Waals surface area contributed by atoms with Crippen LogP contribution in [0.15, 0.2) is 42.6 Å². The van der Waals surface area contributed by atoms with E-state index in [2.05, 4.69) is 42.2 Å². The highest BCUT2D eigenvalue weighted by atomic mass is 14.7. The molecule has 0 saturated heterocycles. The van der Waals surface area contributed by atoms with E-state index in [1.165, 1.54) is 23.2 Å². The Hall–Kier alpha value is -1.50. The van der Waals surface area contributed by atoms with Gasteiger partial charge in [0.15, 0.2) is 0 Å². The van der Waals surface area contributed by atoms with Gasteiger partial charge in [-0.1, -0.05) is 37.6 Å². The van der Waals surface area contributed by atoms with Crippen LogP contribution in [0.3, 0.4) is 0 Å². The highest BCUT2D eigenvalue weighted by Gasteiger charge is 2.02. The van der Waals surface area contributed by atoms with Crippen LogP contribution in [0.4, 0.5) is 0 Å². The highest BCUT2D eigenvalue weighted by molar-refractivity contribution is 5.63. The molecule has 14 heavy (non-hydrogen) atoms. The molecule has 0 aliphatic heterocycles. The van der Waals surface area contributed by atoms with Gasteiger partial charge in [0.05, 0.1) is 0 Å². The Labute approximate surface area is 84.8 Å². The molecule has 0 fully saturated rings. The largest absolute Gasteiger partial charge is 0.361 e. The number of hydrogen-bond donors (Lipinski definition) is 1. The van der Waals surface area contributed by atoms with Crippen LogP contribution in [0.25, 0.3) is 11.3 Å². The van der Waals surface area contributed by atoms with Crippen molar-refractivity contribution < 1.29 is 0 Å². The van der Waals surface area contributed by atoms with Crippen LogP contribution in [0, 0.1) is 0 Å². The number of hydrogen-bond acceptors (Lipinski definition) is 0. The first kappa shape index (κ1) is 9.07. The fourth-order valence-electron chi connectivity index (χ4n) is 1.77. The number of H-pyrrole nitrogens is 1. The summed E-state index contributed by atoms with van der Waals surface area (Å²) >= 11 is 0. The average molecular weight is 185 g/mol. The molecule has 0 bridgehead atoms. The minimum absolute atomic E-state index is 1.15. The Balaban J connectivity index is 2.42. The van der Waals surface area contributed by atoms with Gasteiger partial charge in [0.1, 0.15) is 0 Å². The first-order valence-corrected chi connectivity index (χ1v) is 5.13. The molecule has 0 radical (unpaired) electrons. The third-order valence-electron chi connectivity index (χ3n) is 2.42. The van der Waals surface area contributed by atoms with E-state index in [1.807, 2.05) is 12.3 Å². The summed E-state index contributed by atoms with van der Waals surface area (Å²) < 4.78 is 0. The molecule has 0 aliphatic carbocycles. The predicted molar refractivity (Wildman–Crippen MR) is 60.2 cm³/mol. The molecule has 0 spiro atoms. The second kappa shape index (κ2) is 4.14. The number of aromatic nitrogens is 1. The number of benzene rings is 1. The Morgan fingerprint density at radius 2 is 1.93 bits per heavy atom. The minimum atomic E-state index is 1.15. The normalized spacial score (nSPS) is 10.4. The number of aryl methyl sites for hydroxylation is 1. The van der Waals surface area contributed by atoms with Gasteiger partial charge in [0.25, 0.3) is 0 Å². The molecule has 2 rings (SSSR count). The van der Waals surface area contributed by atoms with Crippen molar-refractivity contribution in [3.63, 3.8) is 0 Å². The maximum absolute atomic E-state index is 3.25. The molecular weight excluding hydrogens is 170 g/mol. The van der Waals surface area contributed by atoms with E-state index in [0.717, 1.165) is 6.42 Å². The second-order valence-corrected chi connectivity index (χ2v) is 3.49. The summed E-state index contributed by atoms with van der Waals surface area (Å²) in [6.45, 7) is 2.21. The third-order valence-corrected chi connectivity index (χ3v) is 2.42. The van der Waals surface area contributed by atoms with E-state index in [-0.39, 0.29) is 0 Å². The van der Waals surface area contributed by atoms with Crippen LogP contribution in [0.1, 0.15) is 18.9 Å². The van der Waals surface area contributed by atoms with Crippen LogP contribution in [-0.2, 0) is 6.42 Å². The van der Waals surface area contributed by atoms with Gasteiger partial charge in [-0.05, 0) is 24.1 Å². The Morgan fingerprint density at radius 3 is 2.64 bits per heavy atom. The molecule has 1 N–H and O–H groups in total. The summed E-state index contributed by atoms with van der Waals surface area (Å²) in [7, 11) is 0. The van der Waals surface area contributed by atoms with Crippen LogP contribution >= 0.6 is 0 Å². The lowest BCUT2D eigenvalue weighted by Crippen LogP contribution is -1.88. The van der Waals surface area contributed by atoms with Crippen LogP contribution in [-0.4, -0.2) is 4.98 Å². The van der Waals surface area contributed by atoms with E-state index in [4.69, 9.17) is 0 Å². The summed E-state index contributed by atoms with van der Waals surface area (Å²) in [6, 6.07) is 12.7. The van der Waals surface area contributed by atoms with E-state index < -0.39 is 0 Å². The van der Waals surface area contributed by atoms with E-state index in [1.54, 1.807) is 0 Å². The third kappa shape index (κ3) is 1.72. The van der Waals surface area contributed by atoms with Crippen molar-refractivity contribution in [3.8, 4) is 11.3 Å². The molecule has 0 atom stereocenters. The predicted octanol–water partition coefficient (Wildman–Crippen LogP) is 3.63. The van der Waals surface area contributed by atoms with Crippen LogP contribution in [0.5, 0.6) is 0 Å². The second-order valence-electron chi connectivity index (χ2n) is 3.49. The van der Waals surface area contributed by atoms with Crippen molar-refractivity contribution in [2.45, 2.75) is 19.8 Å². The Kier molecular flexibility index (Phi) is 2.68. The Morgan fingerprint density at radius 1 is 1.07 bits per heavy atom. The Bertz CT molecular complexity index is 387. The van der Waals surface area contributed by atoms with Crippen molar-refractivity contribution in [1.82, 2.24) is 4.98 Å². The van der Waals surface area contributed by atoms with Gasteiger partial charge in [0, 0.05) is 17.5 Å². The number of aromatic amines is 1. The van der Waals surface area contributed by atoms with Crippen molar-refractivity contribution in [1.29, 1.82) is 0 Å². The van der Waals surface area contributed by atoms with Gasteiger partial charge in [-0.2, -0.15) is 0 Å². The van der Waals surface area contributed by atoms with E-state index in [0.29, 0.717) is 0 Å². The van der Waals surface area contributed by atoms with Gasteiger partial charge in [-0.15, -0.1) is 0 Å². The molecule has 1 aromatic heterocycles. The monoisotopic (exact) mass is 185 g/mol. The molecule has 1 heteroatoms. The molecule has 0 amide bonds. The van der Waals surface area contributed by atoms with Crippen molar-refractivity contribution >= 4 is 0 Å². The minimum Gasteiger partial charge on any atom is -0.361 e. The van der Waals surface area contributed by atoms with Crippen molar-refractivity contribution in [2.24, 2.45) is 0 Å². The molecule has 72 valence electrons. The van der Waals surface area contributed by atoms with E-state index in [9.17, 15) is 0 Å². The molecular formula is C13H15N. The smallest absolute Gasteiger partial charge is 0.0456 e. The highest BCUT2D eigenvalue weighted by Crippen LogP contribution is 2.22. The van der Waals surface area contributed by atoms with Gasteiger partial charge < -0.3 is 4.98 Å². The van der Waals surface area contributed by atoms with Crippen molar-refractivity contribution in [2.75, 3.05) is 0 Å². The molecule has 0 saturated carbocycles. The van der Waals surface area contributed by atoms with Gasteiger partial charge in [-0.3, -0.25) is 0 Å². The quantitative estimate of drug-likeness (QED) is 0.751. The van der Waals surface area contributed by atoms with Gasteiger partial charge in [0.2, 0.25) is 0 Å². The molecule has 0 unspecified atom stereocenters. The van der Waals surface area contributed by atoms with Gasteiger partial charge in [-0.25, -0.2) is 0 Å². The fourth-order valence-corrected chi connectivity index (χ4v) is 1.77. The molecule has 1 heterocycles. The average Bonchev–Trinajstić information content (AvgIpc) is 2.72. The summed E-state index contributed by atoms with van der Waals surface area (Å²) in [5, 5.41) is 0. The number of nitrogens with one attached hydrogen (secondary N) is 1. The lowest BCUT2D eigenvalue weighted by molar-refractivity contribution is 0.923. The first-order chi connectivity index (χ1) is 6.92. The standard InChI is InChI=1S/C13H15N/c1-2-6-11-7-3-4-8-12(11)13-9-5-10-14-13/h3-5,7-10,14H,2,6H2,1H3. The van der Waals surface area contributed by atoms with E-state index >= 15 is 0 Å². The molecule has 0 aliphatic rings. The topological polar surface area (TPSA) is 15.8 Å². The fraction of sp³-hybridized carbons (Fsp3) is 0.231. The maximum atomic E-state index is 3.25. The molecule has 1 aromatic carbocycles. The lowest BCUT2D eigenvalue weighted by Gasteiger charge is -2.06. The zero-order valence-electron chi connectivity index (χ0n) is 8.46. The number of rotatable bonds is 3. The first-order valence-electron chi connectivity index (χ1n) is 5.13. The summed E-state index contributed by atoms with van der Waals surface area (Å²) in [5.74, 6) is 0. The van der Waals surface area contributed by atoms with Crippen LogP contribution < -0.4 is 0 Å². The summed E-state index contributed by atoms with van der Waals surface area (Å²) in [4.78, 5) is 3.25. The molecule has 2 aromatic rings. The van der Waals surface area contributed by atoms with Crippen LogP contribution in [0.2, 0.25) is 0 Å². The zero-order valence-corrected chi connectivity index (χ0v) is 8.46. The maximum Gasteiger partial charge on any atom is 0.0456 e. The SMILES string of the molecule is CCCc1ccccc1-c1ccc[nH]1. The van der Waals surface area contributed by atoms with Gasteiger partial charge >= 0.3 is 0 Å². The molecule has 1 nitrogen and oxygen atoms in total. The lowest BCUT2D eigenvalue weighted by atomic mass is 10.0. The summed E-state index contributed by atoms with van der Waals surface area (Å²) in [5.41, 5.74) is 3.98. The summed E-state index contributed by atoms with van der Waals surface area (Å²) in [6.07, 6.45) is 4.31. The zero-order chi connectivity index (χ0) is 9.80.